The molecule has 2 amide bonds. The molecule has 1 aromatic heterocycles. The molecule has 9 nitrogen and oxygen atoms in total. The molecule has 45 heavy (non-hydrogen) atoms. The lowest BCUT2D eigenvalue weighted by molar-refractivity contribution is -0.142. The van der Waals surface area contributed by atoms with Gasteiger partial charge in [0.05, 0.1) is 23.7 Å². The molecule has 0 aliphatic carbocycles. The van der Waals surface area contributed by atoms with Crippen LogP contribution in [-0.2, 0) is 21.4 Å². The number of unbranched alkanes of at least 4 members (excludes halogenated alkanes) is 1. The summed E-state index contributed by atoms with van der Waals surface area (Å²) in [6.45, 7) is 6.38. The van der Waals surface area contributed by atoms with E-state index in [2.05, 4.69) is 4.98 Å². The normalized spacial score (nSPS) is 16.1. The van der Waals surface area contributed by atoms with Gasteiger partial charge in [-0.25, -0.2) is 0 Å². The zero-order valence-corrected chi connectivity index (χ0v) is 26.2. The summed E-state index contributed by atoms with van der Waals surface area (Å²) in [5.74, 6) is -2.14. The first-order valence-electron chi connectivity index (χ1n) is 15.6. The number of ether oxygens (including phenoxy) is 1. The first-order valence-corrected chi connectivity index (χ1v) is 15.6. The van der Waals surface area contributed by atoms with Gasteiger partial charge in [-0.15, -0.1) is 0 Å². The fraction of sp³-hybridized carbons (Fsp3) is 0.576. The molecule has 2 atom stereocenters. The summed E-state index contributed by atoms with van der Waals surface area (Å²) in [5, 5.41) is 20.5. The van der Waals surface area contributed by atoms with Gasteiger partial charge in [0.25, 0.3) is 5.91 Å². The van der Waals surface area contributed by atoms with Crippen molar-refractivity contribution in [2.24, 2.45) is 5.92 Å². The second-order valence-corrected chi connectivity index (χ2v) is 11.6. The number of carboxylic acid groups (broad SMARTS) is 1. The van der Waals surface area contributed by atoms with Crippen LogP contribution < -0.4 is 4.74 Å². The summed E-state index contributed by atoms with van der Waals surface area (Å²) < 4.78 is 47.1. The minimum absolute atomic E-state index is 0.0540. The first kappa shape index (κ1) is 35.8. The lowest BCUT2D eigenvalue weighted by atomic mass is 9.83. The van der Waals surface area contributed by atoms with E-state index in [-0.39, 0.29) is 44.8 Å². The standard InChI is InChI=1S/C33H44F3N3O6/c1-4-11-26(39(19-5-2)31(43)29-25(33(34,35)36)13-10-18-37-29)23(3)30(42)38-20-16-32(44,17-21-38)24-12-6-7-14-27(24)45-22-9-8-15-28(40)41/h6-7,10,12-14,18,23,26,44H,4-5,8-9,11,15-17,19-22H2,1-3H3,(H,40,41). The monoisotopic (exact) mass is 635 g/mol. The zero-order chi connectivity index (χ0) is 33.2. The molecule has 3 rings (SSSR count). The number of rotatable bonds is 15. The van der Waals surface area contributed by atoms with Gasteiger partial charge < -0.3 is 24.7 Å². The summed E-state index contributed by atoms with van der Waals surface area (Å²) in [7, 11) is 0. The SMILES string of the molecule is CCCC(C(C)C(=O)N1CCC(O)(c2ccccc2OCCCCC(=O)O)CC1)N(CCC)C(=O)c1ncccc1C(F)(F)F. The van der Waals surface area contributed by atoms with Crippen molar-refractivity contribution in [1.82, 2.24) is 14.8 Å². The van der Waals surface area contributed by atoms with Gasteiger partial charge in [-0.2, -0.15) is 13.2 Å². The number of carboxylic acids is 1. The maximum Gasteiger partial charge on any atom is 0.418 e. The number of aliphatic hydroxyl groups is 1. The highest BCUT2D eigenvalue weighted by atomic mass is 19.4. The number of amides is 2. The number of carbonyl (C=O) groups excluding carboxylic acids is 2. The van der Waals surface area contributed by atoms with Crippen LogP contribution in [0.5, 0.6) is 5.75 Å². The average Bonchev–Trinajstić information content (AvgIpc) is 3.01. The van der Waals surface area contributed by atoms with Crippen molar-refractivity contribution in [2.75, 3.05) is 26.2 Å². The van der Waals surface area contributed by atoms with Crippen LogP contribution in [0.25, 0.3) is 0 Å². The molecule has 0 radical (unpaired) electrons. The number of piperidine rings is 1. The number of hydrogen-bond donors (Lipinski definition) is 2. The Labute approximate surface area is 262 Å². The molecule has 0 spiro atoms. The van der Waals surface area contributed by atoms with Crippen LogP contribution in [-0.4, -0.2) is 75.1 Å². The van der Waals surface area contributed by atoms with Crippen molar-refractivity contribution in [3.63, 3.8) is 0 Å². The maximum absolute atomic E-state index is 13.8. The molecule has 0 saturated carbocycles. The van der Waals surface area contributed by atoms with Crippen LogP contribution in [0.15, 0.2) is 42.6 Å². The number of nitrogens with zero attached hydrogens (tertiary/aromatic N) is 3. The highest BCUT2D eigenvalue weighted by Crippen LogP contribution is 2.39. The molecule has 1 saturated heterocycles. The van der Waals surface area contributed by atoms with Gasteiger partial charge in [-0.05, 0) is 56.7 Å². The third-order valence-electron chi connectivity index (χ3n) is 8.33. The van der Waals surface area contributed by atoms with E-state index in [4.69, 9.17) is 9.84 Å². The molecule has 12 heteroatoms. The number of pyridine rings is 1. The van der Waals surface area contributed by atoms with E-state index in [0.717, 1.165) is 18.3 Å². The molecule has 1 aliphatic heterocycles. The van der Waals surface area contributed by atoms with E-state index in [9.17, 15) is 32.7 Å². The number of likely N-dealkylation sites (tertiary alicyclic amines) is 1. The fourth-order valence-corrected chi connectivity index (χ4v) is 5.93. The lowest BCUT2D eigenvalue weighted by Gasteiger charge is -2.42. The molecule has 0 bridgehead atoms. The second kappa shape index (κ2) is 16.1. The third kappa shape index (κ3) is 9.18. The van der Waals surface area contributed by atoms with Crippen LogP contribution in [0.2, 0.25) is 0 Å². The Morgan fingerprint density at radius 1 is 1.07 bits per heavy atom. The topological polar surface area (TPSA) is 120 Å². The van der Waals surface area contributed by atoms with Gasteiger partial charge in [0.15, 0.2) is 0 Å². The number of aliphatic carboxylic acids is 1. The van der Waals surface area contributed by atoms with E-state index >= 15 is 0 Å². The largest absolute Gasteiger partial charge is 0.493 e. The highest BCUT2D eigenvalue weighted by molar-refractivity contribution is 5.94. The van der Waals surface area contributed by atoms with Crippen molar-refractivity contribution in [3.05, 3.63) is 59.4 Å². The summed E-state index contributed by atoms with van der Waals surface area (Å²) in [4.78, 5) is 45.0. The van der Waals surface area contributed by atoms with Crippen molar-refractivity contribution < 1.29 is 42.5 Å². The van der Waals surface area contributed by atoms with E-state index in [1.54, 1.807) is 36.1 Å². The van der Waals surface area contributed by atoms with Crippen LogP contribution in [0.3, 0.4) is 0 Å². The molecule has 1 fully saturated rings. The Hall–Kier alpha value is -3.67. The van der Waals surface area contributed by atoms with E-state index in [1.807, 2.05) is 13.8 Å². The fourth-order valence-electron chi connectivity index (χ4n) is 5.93. The molecule has 2 aromatic rings. The minimum atomic E-state index is -4.76. The van der Waals surface area contributed by atoms with Crippen LogP contribution >= 0.6 is 0 Å². The minimum Gasteiger partial charge on any atom is -0.493 e. The maximum atomic E-state index is 13.8. The average molecular weight is 636 g/mol. The molecule has 248 valence electrons. The highest BCUT2D eigenvalue weighted by Gasteiger charge is 2.42. The van der Waals surface area contributed by atoms with Gasteiger partial charge in [-0.1, -0.05) is 45.4 Å². The van der Waals surface area contributed by atoms with Crippen LogP contribution in [0.4, 0.5) is 13.2 Å². The number of hydrogen-bond acceptors (Lipinski definition) is 6. The number of benzene rings is 1. The third-order valence-corrected chi connectivity index (χ3v) is 8.33. The Morgan fingerprint density at radius 3 is 2.38 bits per heavy atom. The van der Waals surface area contributed by atoms with E-state index in [1.165, 1.54) is 4.90 Å². The summed E-state index contributed by atoms with van der Waals surface area (Å²) in [6.07, 6.45) is -0.527. The van der Waals surface area contributed by atoms with Gasteiger partial charge in [-0.3, -0.25) is 19.4 Å². The van der Waals surface area contributed by atoms with E-state index < -0.39 is 46.9 Å². The Balaban J connectivity index is 1.74. The summed E-state index contributed by atoms with van der Waals surface area (Å²) in [6, 6.07) is 8.46. The predicted octanol–water partition coefficient (Wildman–Crippen LogP) is 5.90. The quantitative estimate of drug-likeness (QED) is 0.234. The van der Waals surface area contributed by atoms with Crippen molar-refractivity contribution in [1.29, 1.82) is 0 Å². The van der Waals surface area contributed by atoms with Gasteiger partial charge in [0.2, 0.25) is 5.91 Å². The zero-order valence-electron chi connectivity index (χ0n) is 26.2. The van der Waals surface area contributed by atoms with E-state index in [0.29, 0.717) is 50.0 Å². The lowest BCUT2D eigenvalue weighted by Crippen LogP contribution is -2.52. The molecule has 1 aromatic carbocycles. The van der Waals surface area contributed by atoms with Crippen LogP contribution in [0.1, 0.15) is 93.8 Å². The predicted molar refractivity (Wildman–Crippen MR) is 162 cm³/mol. The Kier molecular flexibility index (Phi) is 12.8. The molecule has 2 heterocycles. The Bertz CT molecular complexity index is 1300. The molecular formula is C33H44F3N3O6. The number of aromatic nitrogens is 1. The first-order chi connectivity index (χ1) is 21.3. The number of alkyl halides is 3. The molecular weight excluding hydrogens is 591 g/mol. The van der Waals surface area contributed by atoms with Crippen molar-refractivity contribution >= 4 is 17.8 Å². The van der Waals surface area contributed by atoms with Gasteiger partial charge in [0, 0.05) is 43.9 Å². The van der Waals surface area contributed by atoms with Crippen molar-refractivity contribution in [2.45, 2.75) is 90.0 Å². The number of halogens is 3. The number of para-hydroxylation sites is 1. The van der Waals surface area contributed by atoms with Crippen LogP contribution in [0, 0.1) is 5.92 Å². The smallest absolute Gasteiger partial charge is 0.418 e. The van der Waals surface area contributed by atoms with Crippen molar-refractivity contribution in [3.8, 4) is 5.75 Å². The van der Waals surface area contributed by atoms with Gasteiger partial charge >= 0.3 is 12.1 Å². The summed E-state index contributed by atoms with van der Waals surface area (Å²) in [5.41, 5.74) is -2.43. The van der Waals surface area contributed by atoms with Gasteiger partial charge in [0.1, 0.15) is 11.4 Å². The molecule has 2 unspecified atom stereocenters. The Morgan fingerprint density at radius 2 is 1.76 bits per heavy atom. The second-order valence-electron chi connectivity index (χ2n) is 11.6. The summed E-state index contributed by atoms with van der Waals surface area (Å²) >= 11 is 0. The molecule has 1 aliphatic rings. The molecule has 2 N–H and O–H groups in total. The number of carbonyl (C=O) groups is 3.